The van der Waals surface area contributed by atoms with Crippen molar-refractivity contribution in [3.8, 4) is 0 Å². The Morgan fingerprint density at radius 1 is 0.605 bits per heavy atom. The number of benzene rings is 3. The van der Waals surface area contributed by atoms with Crippen molar-refractivity contribution < 1.29 is 0 Å². The first-order valence-corrected chi connectivity index (χ1v) is 17.3. The molecule has 0 bridgehead atoms. The molecule has 0 saturated heterocycles. The van der Waals surface area contributed by atoms with Crippen molar-refractivity contribution in [2.24, 2.45) is 0 Å². The van der Waals surface area contributed by atoms with Gasteiger partial charge in [-0.25, -0.2) is 4.98 Å². The largest absolute Gasteiger partial charge is 0.330 e. The SMILES string of the molecule is CCCCCCCCCCCCCCCC(c1nccn1Cc1ccccc1)C(C)(Cc1ccccc1)c1ccccc1. The van der Waals surface area contributed by atoms with Gasteiger partial charge >= 0.3 is 0 Å². The van der Waals surface area contributed by atoms with E-state index in [2.05, 4.69) is 116 Å². The molecule has 43 heavy (non-hydrogen) atoms. The molecule has 1 aromatic heterocycles. The smallest absolute Gasteiger partial charge is 0.112 e. The first-order chi connectivity index (χ1) is 21.2. The maximum atomic E-state index is 5.09. The number of nitrogens with zero attached hydrogens (tertiary/aromatic N) is 2. The molecule has 3 aromatic carbocycles. The van der Waals surface area contributed by atoms with E-state index in [4.69, 9.17) is 4.98 Å². The molecule has 2 atom stereocenters. The van der Waals surface area contributed by atoms with E-state index < -0.39 is 0 Å². The molecule has 0 aliphatic carbocycles. The molecule has 0 aliphatic rings. The van der Waals surface area contributed by atoms with Crippen LogP contribution in [-0.2, 0) is 18.4 Å². The molecule has 4 aromatic rings. The summed E-state index contributed by atoms with van der Waals surface area (Å²) in [7, 11) is 0. The van der Waals surface area contributed by atoms with Crippen molar-refractivity contribution in [2.75, 3.05) is 0 Å². The molecular weight excluding hydrogens is 520 g/mol. The minimum absolute atomic E-state index is 0.0699. The monoisotopic (exact) mass is 576 g/mol. The van der Waals surface area contributed by atoms with Gasteiger partial charge in [-0.3, -0.25) is 0 Å². The summed E-state index contributed by atoms with van der Waals surface area (Å²) in [5.41, 5.74) is 4.06. The quantitative estimate of drug-likeness (QED) is 0.0902. The Morgan fingerprint density at radius 2 is 1.09 bits per heavy atom. The molecule has 230 valence electrons. The Labute approximate surface area is 263 Å². The normalized spacial score (nSPS) is 13.5. The van der Waals surface area contributed by atoms with Crippen molar-refractivity contribution in [2.45, 2.75) is 128 Å². The van der Waals surface area contributed by atoms with Crippen LogP contribution < -0.4 is 0 Å². The number of hydrogen-bond donors (Lipinski definition) is 0. The predicted octanol–water partition coefficient (Wildman–Crippen LogP) is 11.7. The molecule has 0 amide bonds. The van der Waals surface area contributed by atoms with Gasteiger partial charge in [-0.05, 0) is 29.5 Å². The van der Waals surface area contributed by atoms with E-state index in [-0.39, 0.29) is 5.41 Å². The van der Waals surface area contributed by atoms with Crippen molar-refractivity contribution >= 4 is 0 Å². The number of hydrogen-bond acceptors (Lipinski definition) is 1. The zero-order chi connectivity index (χ0) is 30.0. The number of imidazole rings is 1. The van der Waals surface area contributed by atoms with E-state index in [1.165, 1.54) is 106 Å². The Kier molecular flexibility index (Phi) is 14.1. The summed E-state index contributed by atoms with van der Waals surface area (Å²) in [6, 6.07) is 33.1. The molecule has 0 fully saturated rings. The average molecular weight is 577 g/mol. The van der Waals surface area contributed by atoms with Crippen LogP contribution in [-0.4, -0.2) is 9.55 Å². The summed E-state index contributed by atoms with van der Waals surface area (Å²) in [5, 5.41) is 0. The standard InChI is InChI=1S/C41H56N2/c1-3-4-5-6-7-8-9-10-11-12-13-14-24-31-39(40-42-32-33-43(40)35-37-27-20-16-21-28-37)41(2,38-29-22-17-23-30-38)34-36-25-18-15-19-26-36/h15-23,25-30,32-33,39H,3-14,24,31,34-35H2,1-2H3. The van der Waals surface area contributed by atoms with Crippen molar-refractivity contribution in [3.63, 3.8) is 0 Å². The van der Waals surface area contributed by atoms with E-state index in [1.807, 2.05) is 6.20 Å². The lowest BCUT2D eigenvalue weighted by Gasteiger charge is -2.39. The lowest BCUT2D eigenvalue weighted by Crippen LogP contribution is -2.35. The highest BCUT2D eigenvalue weighted by Crippen LogP contribution is 2.44. The van der Waals surface area contributed by atoms with Gasteiger partial charge in [0.1, 0.15) is 5.82 Å². The van der Waals surface area contributed by atoms with E-state index in [9.17, 15) is 0 Å². The average Bonchev–Trinajstić information content (AvgIpc) is 3.50. The first kappa shape index (κ1) is 32.8. The fourth-order valence-corrected chi connectivity index (χ4v) is 6.91. The highest BCUT2D eigenvalue weighted by molar-refractivity contribution is 5.33. The van der Waals surface area contributed by atoms with Gasteiger partial charge in [-0.1, -0.05) is 188 Å². The van der Waals surface area contributed by atoms with Gasteiger partial charge in [-0.15, -0.1) is 0 Å². The highest BCUT2D eigenvalue weighted by atomic mass is 15.1. The van der Waals surface area contributed by atoms with E-state index in [0.717, 1.165) is 19.4 Å². The fraction of sp³-hybridized carbons (Fsp3) is 0.488. The third-order valence-electron chi connectivity index (χ3n) is 9.47. The van der Waals surface area contributed by atoms with Crippen molar-refractivity contribution in [3.05, 3.63) is 126 Å². The van der Waals surface area contributed by atoms with E-state index in [0.29, 0.717) is 5.92 Å². The van der Waals surface area contributed by atoms with Gasteiger partial charge in [0.25, 0.3) is 0 Å². The minimum Gasteiger partial charge on any atom is -0.330 e. The maximum absolute atomic E-state index is 5.09. The topological polar surface area (TPSA) is 17.8 Å². The summed E-state index contributed by atoms with van der Waals surface area (Å²) < 4.78 is 2.41. The second kappa shape index (κ2) is 18.5. The van der Waals surface area contributed by atoms with Crippen LogP contribution in [0.5, 0.6) is 0 Å². The summed E-state index contributed by atoms with van der Waals surface area (Å²) in [4.78, 5) is 5.09. The van der Waals surface area contributed by atoms with Crippen molar-refractivity contribution in [1.82, 2.24) is 9.55 Å². The molecule has 0 N–H and O–H groups in total. The van der Waals surface area contributed by atoms with Crippen molar-refractivity contribution in [1.29, 1.82) is 0 Å². The second-order valence-corrected chi connectivity index (χ2v) is 12.9. The Balaban J connectivity index is 1.43. The van der Waals surface area contributed by atoms with Crippen LogP contribution in [0, 0.1) is 0 Å². The molecular formula is C41H56N2. The van der Waals surface area contributed by atoms with Crippen LogP contribution in [0.1, 0.15) is 132 Å². The lowest BCUT2D eigenvalue weighted by atomic mass is 9.66. The maximum Gasteiger partial charge on any atom is 0.112 e. The summed E-state index contributed by atoms with van der Waals surface area (Å²) in [6.07, 6.45) is 24.4. The van der Waals surface area contributed by atoms with Crippen LogP contribution in [0.15, 0.2) is 103 Å². The number of aromatic nitrogens is 2. The second-order valence-electron chi connectivity index (χ2n) is 12.9. The molecule has 1 heterocycles. The van der Waals surface area contributed by atoms with Gasteiger partial charge in [0.2, 0.25) is 0 Å². The molecule has 0 spiro atoms. The van der Waals surface area contributed by atoms with Crippen LogP contribution in [0.2, 0.25) is 0 Å². The van der Waals surface area contributed by atoms with E-state index >= 15 is 0 Å². The van der Waals surface area contributed by atoms with Gasteiger partial charge in [-0.2, -0.15) is 0 Å². The lowest BCUT2D eigenvalue weighted by molar-refractivity contribution is 0.324. The Bertz CT molecular complexity index is 1250. The molecule has 2 unspecified atom stereocenters. The summed E-state index contributed by atoms with van der Waals surface area (Å²) in [5.74, 6) is 1.55. The van der Waals surface area contributed by atoms with Gasteiger partial charge in [0.05, 0.1) is 0 Å². The summed E-state index contributed by atoms with van der Waals surface area (Å²) >= 11 is 0. The highest BCUT2D eigenvalue weighted by Gasteiger charge is 2.39. The van der Waals surface area contributed by atoms with Gasteiger partial charge in [0.15, 0.2) is 0 Å². The van der Waals surface area contributed by atoms with Crippen LogP contribution >= 0.6 is 0 Å². The third kappa shape index (κ3) is 10.5. The predicted molar refractivity (Wildman–Crippen MR) is 185 cm³/mol. The van der Waals surface area contributed by atoms with Gasteiger partial charge < -0.3 is 4.57 Å². The number of rotatable bonds is 21. The number of unbranched alkanes of at least 4 members (excludes halogenated alkanes) is 12. The third-order valence-corrected chi connectivity index (χ3v) is 9.47. The van der Waals surface area contributed by atoms with Crippen LogP contribution in [0.25, 0.3) is 0 Å². The molecule has 0 saturated carbocycles. The zero-order valence-electron chi connectivity index (χ0n) is 27.1. The van der Waals surface area contributed by atoms with E-state index in [1.54, 1.807) is 0 Å². The van der Waals surface area contributed by atoms with Crippen LogP contribution in [0.3, 0.4) is 0 Å². The molecule has 4 rings (SSSR count). The first-order valence-electron chi connectivity index (χ1n) is 17.3. The molecule has 2 heteroatoms. The molecule has 2 nitrogen and oxygen atoms in total. The Hall–Kier alpha value is -3.13. The zero-order valence-corrected chi connectivity index (χ0v) is 27.1. The van der Waals surface area contributed by atoms with Crippen LogP contribution in [0.4, 0.5) is 0 Å². The minimum atomic E-state index is -0.0699. The Morgan fingerprint density at radius 3 is 1.65 bits per heavy atom. The fourth-order valence-electron chi connectivity index (χ4n) is 6.91. The summed E-state index contributed by atoms with van der Waals surface area (Å²) in [6.45, 7) is 5.65. The molecule has 0 radical (unpaired) electrons. The molecule has 0 aliphatic heterocycles. The van der Waals surface area contributed by atoms with Gasteiger partial charge in [0, 0.05) is 30.3 Å².